The van der Waals surface area contributed by atoms with Gasteiger partial charge in [0, 0.05) is 18.2 Å². The summed E-state index contributed by atoms with van der Waals surface area (Å²) >= 11 is 0. The molecule has 1 atom stereocenters. The van der Waals surface area contributed by atoms with E-state index in [0.717, 1.165) is 12.8 Å². The van der Waals surface area contributed by atoms with Crippen molar-refractivity contribution < 1.29 is 4.79 Å². The van der Waals surface area contributed by atoms with Gasteiger partial charge in [-0.05, 0) is 36.5 Å². The van der Waals surface area contributed by atoms with Crippen molar-refractivity contribution in [3.63, 3.8) is 0 Å². The molecule has 0 fully saturated rings. The maximum atomic E-state index is 12.0. The Kier molecular flexibility index (Phi) is 8.44. The fraction of sp³-hybridized carbons (Fsp3) is 0.533. The lowest BCUT2D eigenvalue weighted by atomic mass is 10.0. The predicted molar refractivity (Wildman–Crippen MR) is 82.8 cm³/mol. The van der Waals surface area contributed by atoms with Crippen LogP contribution in [0.25, 0.3) is 0 Å². The summed E-state index contributed by atoms with van der Waals surface area (Å²) in [5, 5.41) is 2.99. The van der Waals surface area contributed by atoms with Crippen molar-refractivity contribution in [1.29, 1.82) is 0 Å². The lowest BCUT2D eigenvalue weighted by Gasteiger charge is -2.18. The van der Waals surface area contributed by atoms with Crippen molar-refractivity contribution in [2.75, 3.05) is 6.54 Å². The summed E-state index contributed by atoms with van der Waals surface area (Å²) in [7, 11) is 0. The van der Waals surface area contributed by atoms with Crippen LogP contribution in [0.15, 0.2) is 24.3 Å². The van der Waals surface area contributed by atoms with Crippen molar-refractivity contribution in [2.45, 2.75) is 39.7 Å². The molecule has 0 aliphatic rings. The summed E-state index contributed by atoms with van der Waals surface area (Å²) in [5.74, 6) is 0.495. The highest BCUT2D eigenvalue weighted by atomic mass is 35.5. The van der Waals surface area contributed by atoms with Gasteiger partial charge in [0.15, 0.2) is 0 Å². The molecule has 0 aromatic heterocycles. The Balaban J connectivity index is 0.00000324. The molecule has 0 spiro atoms. The minimum absolute atomic E-state index is 0. The maximum Gasteiger partial charge on any atom is 0.251 e. The molecule has 4 heteroatoms. The van der Waals surface area contributed by atoms with E-state index in [1.807, 2.05) is 24.3 Å². The lowest BCUT2D eigenvalue weighted by molar-refractivity contribution is 0.0934. The van der Waals surface area contributed by atoms with Crippen LogP contribution in [0.2, 0.25) is 0 Å². The molecule has 0 saturated heterocycles. The van der Waals surface area contributed by atoms with E-state index in [9.17, 15) is 4.79 Å². The summed E-state index contributed by atoms with van der Waals surface area (Å²) < 4.78 is 0. The van der Waals surface area contributed by atoms with Gasteiger partial charge in [0.25, 0.3) is 5.91 Å². The molecule has 0 radical (unpaired) electrons. The van der Waals surface area contributed by atoms with E-state index in [1.54, 1.807) is 0 Å². The minimum Gasteiger partial charge on any atom is -0.348 e. The van der Waals surface area contributed by atoms with Crippen LogP contribution in [0.1, 0.15) is 43.1 Å². The molecule has 1 aromatic carbocycles. The molecule has 1 aromatic rings. The number of halogens is 1. The molecule has 0 saturated carbocycles. The van der Waals surface area contributed by atoms with Crippen LogP contribution in [0.5, 0.6) is 0 Å². The third-order valence-electron chi connectivity index (χ3n) is 3.00. The molecule has 19 heavy (non-hydrogen) atoms. The lowest BCUT2D eigenvalue weighted by Crippen LogP contribution is -2.41. The predicted octanol–water partition coefficient (Wildman–Crippen LogP) is 2.77. The van der Waals surface area contributed by atoms with E-state index in [0.29, 0.717) is 18.0 Å². The Morgan fingerprint density at radius 2 is 1.84 bits per heavy atom. The summed E-state index contributed by atoms with van der Waals surface area (Å²) in [6, 6.07) is 7.79. The van der Waals surface area contributed by atoms with Gasteiger partial charge in [0.05, 0.1) is 0 Å². The standard InChI is InChI=1S/C15H24N2O.ClH/c1-4-12-5-7-13(8-6-12)15(18)17-14(10-16)9-11(2)3;/h5-8,11,14H,4,9-10,16H2,1-3H3,(H,17,18);1H. The van der Waals surface area contributed by atoms with Crippen LogP contribution in [0.4, 0.5) is 0 Å². The third-order valence-corrected chi connectivity index (χ3v) is 3.00. The molecule has 1 rings (SSSR count). The number of amides is 1. The van der Waals surface area contributed by atoms with Gasteiger partial charge >= 0.3 is 0 Å². The third kappa shape index (κ3) is 6.08. The second kappa shape index (κ2) is 8.94. The highest BCUT2D eigenvalue weighted by Crippen LogP contribution is 2.07. The molecule has 0 heterocycles. The van der Waals surface area contributed by atoms with Crippen LogP contribution in [0, 0.1) is 5.92 Å². The van der Waals surface area contributed by atoms with Gasteiger partial charge in [-0.1, -0.05) is 32.9 Å². The Morgan fingerprint density at radius 1 is 1.26 bits per heavy atom. The second-order valence-electron chi connectivity index (χ2n) is 5.09. The van der Waals surface area contributed by atoms with Crippen LogP contribution < -0.4 is 11.1 Å². The number of nitrogens with one attached hydrogen (secondary N) is 1. The molecular weight excluding hydrogens is 260 g/mol. The van der Waals surface area contributed by atoms with Crippen LogP contribution in [-0.2, 0) is 6.42 Å². The monoisotopic (exact) mass is 284 g/mol. The van der Waals surface area contributed by atoms with Crippen molar-refractivity contribution in [3.8, 4) is 0 Å². The van der Waals surface area contributed by atoms with Crippen LogP contribution in [-0.4, -0.2) is 18.5 Å². The number of carbonyl (C=O) groups excluding carboxylic acids is 1. The first-order valence-electron chi connectivity index (χ1n) is 6.66. The SMILES string of the molecule is CCc1ccc(C(=O)NC(CN)CC(C)C)cc1.Cl. The fourth-order valence-corrected chi connectivity index (χ4v) is 1.94. The molecule has 108 valence electrons. The van der Waals surface area contributed by atoms with Crippen molar-refractivity contribution >= 4 is 18.3 Å². The minimum atomic E-state index is -0.0336. The first-order chi connectivity index (χ1) is 8.56. The number of benzene rings is 1. The van der Waals surface area contributed by atoms with E-state index in [2.05, 4.69) is 26.1 Å². The average Bonchev–Trinajstić information content (AvgIpc) is 2.37. The van der Waals surface area contributed by atoms with Gasteiger partial charge in [-0.3, -0.25) is 4.79 Å². The van der Waals surface area contributed by atoms with E-state index in [4.69, 9.17) is 5.73 Å². The summed E-state index contributed by atoms with van der Waals surface area (Å²) in [4.78, 5) is 12.0. The van der Waals surface area contributed by atoms with E-state index in [1.165, 1.54) is 5.56 Å². The topological polar surface area (TPSA) is 55.1 Å². The van der Waals surface area contributed by atoms with Crippen molar-refractivity contribution in [1.82, 2.24) is 5.32 Å². The number of rotatable bonds is 6. The first-order valence-corrected chi connectivity index (χ1v) is 6.66. The fourth-order valence-electron chi connectivity index (χ4n) is 1.94. The molecule has 3 N–H and O–H groups in total. The Labute approximate surface area is 122 Å². The highest BCUT2D eigenvalue weighted by molar-refractivity contribution is 5.94. The summed E-state index contributed by atoms with van der Waals surface area (Å²) in [6.45, 7) is 6.84. The van der Waals surface area contributed by atoms with Crippen molar-refractivity contribution in [2.24, 2.45) is 11.7 Å². The van der Waals surface area contributed by atoms with Gasteiger partial charge in [-0.25, -0.2) is 0 Å². The summed E-state index contributed by atoms with van der Waals surface area (Å²) in [5.41, 5.74) is 7.62. The van der Waals surface area contributed by atoms with Crippen LogP contribution in [0.3, 0.4) is 0 Å². The normalized spacial score (nSPS) is 11.8. The average molecular weight is 285 g/mol. The van der Waals surface area contributed by atoms with Crippen LogP contribution >= 0.6 is 12.4 Å². The zero-order valence-electron chi connectivity index (χ0n) is 12.0. The largest absolute Gasteiger partial charge is 0.348 e. The molecule has 0 bridgehead atoms. The molecular formula is C15H25ClN2O. The van der Waals surface area contributed by atoms with Crippen molar-refractivity contribution in [3.05, 3.63) is 35.4 Å². The van der Waals surface area contributed by atoms with Gasteiger partial charge in [0.1, 0.15) is 0 Å². The quantitative estimate of drug-likeness (QED) is 0.844. The Hall–Kier alpha value is -1.06. The smallest absolute Gasteiger partial charge is 0.251 e. The molecule has 1 amide bonds. The zero-order chi connectivity index (χ0) is 13.5. The number of nitrogens with two attached hydrogens (primary N) is 1. The molecule has 1 unspecified atom stereocenters. The Morgan fingerprint density at radius 3 is 2.26 bits per heavy atom. The van der Waals surface area contributed by atoms with Gasteiger partial charge < -0.3 is 11.1 Å². The van der Waals surface area contributed by atoms with E-state index >= 15 is 0 Å². The van der Waals surface area contributed by atoms with Gasteiger partial charge in [0.2, 0.25) is 0 Å². The highest BCUT2D eigenvalue weighted by Gasteiger charge is 2.13. The molecule has 3 nitrogen and oxygen atoms in total. The first kappa shape index (κ1) is 17.9. The number of aryl methyl sites for hydroxylation is 1. The van der Waals surface area contributed by atoms with E-state index in [-0.39, 0.29) is 24.4 Å². The van der Waals surface area contributed by atoms with Gasteiger partial charge in [-0.2, -0.15) is 0 Å². The summed E-state index contributed by atoms with van der Waals surface area (Å²) in [6.07, 6.45) is 1.90. The Bertz CT molecular complexity index is 376. The number of hydrogen-bond donors (Lipinski definition) is 2. The number of hydrogen-bond acceptors (Lipinski definition) is 2. The number of carbonyl (C=O) groups is 1. The maximum absolute atomic E-state index is 12.0. The second-order valence-corrected chi connectivity index (χ2v) is 5.09. The molecule has 0 aliphatic heterocycles. The van der Waals surface area contributed by atoms with Gasteiger partial charge in [-0.15, -0.1) is 12.4 Å². The molecule has 0 aliphatic carbocycles. The zero-order valence-corrected chi connectivity index (χ0v) is 12.8. The van der Waals surface area contributed by atoms with E-state index < -0.39 is 0 Å².